The quantitative estimate of drug-likeness (QED) is 0.851. The number of sulfonamides is 1. The summed E-state index contributed by atoms with van der Waals surface area (Å²) in [6.45, 7) is 0. The molecule has 0 heterocycles. The van der Waals surface area contributed by atoms with Crippen molar-refractivity contribution in [3.8, 4) is 5.75 Å². The molecule has 1 N–H and O–H groups in total. The minimum Gasteiger partial charge on any atom is -0.404 e. The van der Waals surface area contributed by atoms with Gasteiger partial charge >= 0.3 is 6.36 Å². The van der Waals surface area contributed by atoms with Crippen molar-refractivity contribution in [2.75, 3.05) is 16.4 Å². The topological polar surface area (TPSA) is 55.4 Å². The van der Waals surface area contributed by atoms with Crippen molar-refractivity contribution in [3.63, 3.8) is 0 Å². The molecule has 0 spiro atoms. The number of ether oxygens (including phenoxy) is 1. The lowest BCUT2D eigenvalue weighted by molar-refractivity contribution is -0.274. The Bertz CT molecular complexity index is 504. The highest BCUT2D eigenvalue weighted by molar-refractivity contribution is 7.92. The van der Waals surface area contributed by atoms with Crippen LogP contribution < -0.4 is 9.46 Å². The maximum atomic E-state index is 12.1. The van der Waals surface area contributed by atoms with Crippen molar-refractivity contribution in [2.45, 2.75) is 6.36 Å². The first-order valence-electron chi connectivity index (χ1n) is 4.65. The van der Waals surface area contributed by atoms with Gasteiger partial charge in [0.15, 0.2) is 5.75 Å². The molecule has 0 bridgehead atoms. The van der Waals surface area contributed by atoms with Crippen LogP contribution in [0.3, 0.4) is 0 Å². The Labute approximate surface area is 107 Å². The summed E-state index contributed by atoms with van der Waals surface area (Å²) < 4.78 is 64.7. The Hall–Kier alpha value is -1.15. The molecule has 0 aliphatic carbocycles. The number of benzene rings is 1. The fraction of sp³-hybridized carbons (Fsp3) is 0.333. The number of hydrogen-bond donors (Lipinski definition) is 1. The summed E-state index contributed by atoms with van der Waals surface area (Å²) in [5.41, 5.74) is -0.292. The van der Waals surface area contributed by atoms with Crippen LogP contribution in [0, 0.1) is 0 Å². The van der Waals surface area contributed by atoms with Gasteiger partial charge in [-0.25, -0.2) is 8.42 Å². The third kappa shape index (κ3) is 5.01. The molecular weight excluding hydrogens is 295 g/mol. The molecular formula is C9H9ClF3NO3S. The molecule has 0 amide bonds. The second kappa shape index (κ2) is 5.66. The number of rotatable bonds is 5. The van der Waals surface area contributed by atoms with Gasteiger partial charge in [0.25, 0.3) is 0 Å². The molecule has 102 valence electrons. The van der Waals surface area contributed by atoms with Crippen molar-refractivity contribution >= 4 is 27.3 Å². The molecule has 0 aliphatic heterocycles. The minimum absolute atomic E-state index is 0.169. The van der Waals surface area contributed by atoms with Gasteiger partial charge in [-0.1, -0.05) is 12.1 Å². The first kappa shape index (κ1) is 14.9. The predicted octanol–water partition coefficient (Wildman–Crippen LogP) is 2.57. The van der Waals surface area contributed by atoms with Crippen molar-refractivity contribution in [2.24, 2.45) is 0 Å². The first-order chi connectivity index (χ1) is 8.23. The van der Waals surface area contributed by atoms with Crippen LogP contribution in [0.4, 0.5) is 18.9 Å². The molecule has 0 atom stereocenters. The highest BCUT2D eigenvalue weighted by atomic mass is 35.5. The molecule has 0 aromatic heterocycles. The van der Waals surface area contributed by atoms with Gasteiger partial charge in [-0.15, -0.1) is 24.8 Å². The summed E-state index contributed by atoms with van der Waals surface area (Å²) in [4.78, 5) is 0. The summed E-state index contributed by atoms with van der Waals surface area (Å²) >= 11 is 5.27. The molecule has 0 radical (unpaired) electrons. The lowest BCUT2D eigenvalue weighted by Crippen LogP contribution is -2.21. The fourth-order valence-corrected chi connectivity index (χ4v) is 2.50. The van der Waals surface area contributed by atoms with E-state index in [1.54, 1.807) is 0 Å². The lowest BCUT2D eigenvalue weighted by atomic mass is 10.3. The smallest absolute Gasteiger partial charge is 0.404 e. The van der Waals surface area contributed by atoms with Crippen molar-refractivity contribution in [3.05, 3.63) is 24.3 Å². The number of alkyl halides is 4. The van der Waals surface area contributed by atoms with Crippen LogP contribution in [0.25, 0.3) is 0 Å². The van der Waals surface area contributed by atoms with Gasteiger partial charge in [0, 0.05) is 5.88 Å². The fourth-order valence-electron chi connectivity index (χ4n) is 1.08. The molecule has 1 aromatic rings. The number of para-hydroxylation sites is 2. The normalized spacial score (nSPS) is 12.2. The number of nitrogens with one attached hydrogen (secondary N) is 1. The van der Waals surface area contributed by atoms with Gasteiger partial charge in [0.05, 0.1) is 11.4 Å². The van der Waals surface area contributed by atoms with E-state index in [9.17, 15) is 21.6 Å². The monoisotopic (exact) mass is 303 g/mol. The van der Waals surface area contributed by atoms with Crippen LogP contribution >= 0.6 is 11.6 Å². The Morgan fingerprint density at radius 1 is 1.28 bits per heavy atom. The Kier molecular flexibility index (Phi) is 4.69. The Morgan fingerprint density at radius 3 is 2.44 bits per heavy atom. The highest BCUT2D eigenvalue weighted by Crippen LogP contribution is 2.30. The van der Waals surface area contributed by atoms with Crippen molar-refractivity contribution in [1.29, 1.82) is 0 Å². The molecule has 0 unspecified atom stereocenters. The third-order valence-corrected chi connectivity index (χ3v) is 3.41. The third-order valence-electron chi connectivity index (χ3n) is 1.72. The Morgan fingerprint density at radius 2 is 1.89 bits per heavy atom. The number of anilines is 1. The highest BCUT2D eigenvalue weighted by Gasteiger charge is 2.32. The predicted molar refractivity (Wildman–Crippen MR) is 61.3 cm³/mol. The van der Waals surface area contributed by atoms with E-state index in [4.69, 9.17) is 11.6 Å². The molecule has 9 heteroatoms. The zero-order chi connectivity index (χ0) is 13.8. The maximum absolute atomic E-state index is 12.1. The summed E-state index contributed by atoms with van der Waals surface area (Å²) in [5.74, 6) is -1.20. The van der Waals surface area contributed by atoms with Crippen LogP contribution in [0.1, 0.15) is 0 Å². The van der Waals surface area contributed by atoms with Gasteiger partial charge in [-0.3, -0.25) is 4.72 Å². The van der Waals surface area contributed by atoms with E-state index in [0.717, 1.165) is 12.1 Å². The summed E-state index contributed by atoms with van der Waals surface area (Å²) in [5, 5.41) is 0. The van der Waals surface area contributed by atoms with Crippen LogP contribution in [0.2, 0.25) is 0 Å². The second-order valence-electron chi connectivity index (χ2n) is 3.15. The molecule has 0 aliphatic rings. The van der Waals surface area contributed by atoms with Crippen LogP contribution in [0.15, 0.2) is 24.3 Å². The molecule has 1 aromatic carbocycles. The lowest BCUT2D eigenvalue weighted by Gasteiger charge is -2.14. The zero-order valence-electron chi connectivity index (χ0n) is 8.87. The summed E-state index contributed by atoms with van der Waals surface area (Å²) in [6, 6.07) is 4.83. The van der Waals surface area contributed by atoms with Gasteiger partial charge in [-0.2, -0.15) is 0 Å². The van der Waals surface area contributed by atoms with E-state index in [1.807, 2.05) is 4.72 Å². The van der Waals surface area contributed by atoms with Gasteiger partial charge in [-0.05, 0) is 12.1 Å². The van der Waals surface area contributed by atoms with Gasteiger partial charge in [0.1, 0.15) is 0 Å². The molecule has 0 saturated heterocycles. The van der Waals surface area contributed by atoms with Crippen LogP contribution in [-0.4, -0.2) is 26.4 Å². The molecule has 0 fully saturated rings. The molecule has 18 heavy (non-hydrogen) atoms. The number of halogens is 4. The average molecular weight is 304 g/mol. The Balaban J connectivity index is 2.96. The molecule has 1 rings (SSSR count). The van der Waals surface area contributed by atoms with Crippen LogP contribution in [-0.2, 0) is 10.0 Å². The average Bonchev–Trinajstić information content (AvgIpc) is 2.18. The van der Waals surface area contributed by atoms with Gasteiger partial charge < -0.3 is 4.74 Å². The first-order valence-corrected chi connectivity index (χ1v) is 6.83. The standard InChI is InChI=1S/C9H9ClF3NO3S/c10-5-6-18(15,16)14-7-3-1-2-4-8(7)17-9(11,12)13/h1-4,14H,5-6H2. The largest absolute Gasteiger partial charge is 0.573 e. The summed E-state index contributed by atoms with van der Waals surface area (Å²) in [7, 11) is -3.79. The van der Waals surface area contributed by atoms with E-state index in [0.29, 0.717) is 0 Å². The zero-order valence-corrected chi connectivity index (χ0v) is 10.4. The van der Waals surface area contributed by atoms with Gasteiger partial charge in [0.2, 0.25) is 10.0 Å². The second-order valence-corrected chi connectivity index (χ2v) is 5.37. The van der Waals surface area contributed by atoms with E-state index < -0.39 is 27.9 Å². The van der Waals surface area contributed by atoms with E-state index >= 15 is 0 Å². The molecule has 0 saturated carbocycles. The van der Waals surface area contributed by atoms with Crippen molar-refractivity contribution < 1.29 is 26.3 Å². The minimum atomic E-state index is -4.89. The molecule has 4 nitrogen and oxygen atoms in total. The summed E-state index contributed by atoms with van der Waals surface area (Å²) in [6.07, 6.45) is -4.89. The van der Waals surface area contributed by atoms with E-state index in [1.165, 1.54) is 12.1 Å². The van der Waals surface area contributed by atoms with Crippen LogP contribution in [0.5, 0.6) is 5.75 Å². The van der Waals surface area contributed by atoms with E-state index in [-0.39, 0.29) is 11.6 Å². The van der Waals surface area contributed by atoms with E-state index in [2.05, 4.69) is 4.74 Å². The van der Waals surface area contributed by atoms with Crippen molar-refractivity contribution in [1.82, 2.24) is 0 Å². The maximum Gasteiger partial charge on any atom is 0.573 e. The number of hydrogen-bond acceptors (Lipinski definition) is 3. The SMILES string of the molecule is O=S(=O)(CCCl)Nc1ccccc1OC(F)(F)F.